The number of hydrogen-bond donors (Lipinski definition) is 2. The van der Waals surface area contributed by atoms with Crippen molar-refractivity contribution in [3.63, 3.8) is 0 Å². The van der Waals surface area contributed by atoms with Gasteiger partial charge in [0.1, 0.15) is 11.6 Å². The number of aliphatic hydroxyl groups is 1. The summed E-state index contributed by atoms with van der Waals surface area (Å²) in [6.45, 7) is 4.73. The molecule has 114 valence electrons. The molecule has 0 aliphatic heterocycles. The van der Waals surface area contributed by atoms with Crippen LogP contribution in [0.5, 0.6) is 0 Å². The lowest BCUT2D eigenvalue weighted by molar-refractivity contribution is 0.165. The van der Waals surface area contributed by atoms with Gasteiger partial charge >= 0.3 is 0 Å². The fraction of sp³-hybridized carbons (Fsp3) is 0.400. The Morgan fingerprint density at radius 2 is 1.95 bits per heavy atom. The monoisotopic (exact) mass is 312 g/mol. The lowest BCUT2D eigenvalue weighted by Gasteiger charge is -2.13. The molecule has 0 amide bonds. The van der Waals surface area contributed by atoms with Crippen LogP contribution in [0.4, 0.5) is 8.78 Å². The molecule has 0 aliphatic carbocycles. The molecule has 21 heavy (non-hydrogen) atoms. The lowest BCUT2D eigenvalue weighted by Crippen LogP contribution is -2.22. The number of hydrogen-bond acceptors (Lipinski definition) is 4. The van der Waals surface area contributed by atoms with E-state index in [1.807, 2.05) is 0 Å². The molecule has 1 aromatic heterocycles. The summed E-state index contributed by atoms with van der Waals surface area (Å²) in [5.41, 5.74) is -0.294. The number of nitrogens with zero attached hydrogens (tertiary/aromatic N) is 1. The predicted molar refractivity (Wildman–Crippen MR) is 79.2 cm³/mol. The average molecular weight is 312 g/mol. The topological polar surface area (TPSA) is 45.2 Å². The molecular weight excluding hydrogens is 294 g/mol. The SMILES string of the molecule is CC(C)c1ncc(CNCC(O)c2c(F)cccc2F)s1. The van der Waals surface area contributed by atoms with E-state index in [1.54, 1.807) is 17.5 Å². The summed E-state index contributed by atoms with van der Waals surface area (Å²) >= 11 is 1.59. The fourth-order valence-corrected chi connectivity index (χ4v) is 2.82. The zero-order valence-corrected chi connectivity index (χ0v) is 12.8. The van der Waals surface area contributed by atoms with E-state index in [0.29, 0.717) is 12.5 Å². The molecule has 0 aliphatic rings. The molecular formula is C15H18F2N2OS. The molecule has 1 atom stereocenters. The van der Waals surface area contributed by atoms with Crippen LogP contribution >= 0.6 is 11.3 Å². The van der Waals surface area contributed by atoms with Crippen molar-refractivity contribution < 1.29 is 13.9 Å². The summed E-state index contributed by atoms with van der Waals surface area (Å²) < 4.78 is 27.0. The summed E-state index contributed by atoms with van der Waals surface area (Å²) in [5.74, 6) is -1.09. The van der Waals surface area contributed by atoms with Gasteiger partial charge in [-0.2, -0.15) is 0 Å². The van der Waals surface area contributed by atoms with Gasteiger partial charge < -0.3 is 10.4 Å². The van der Waals surface area contributed by atoms with Gasteiger partial charge in [-0.05, 0) is 12.1 Å². The van der Waals surface area contributed by atoms with Crippen molar-refractivity contribution in [3.8, 4) is 0 Å². The Balaban J connectivity index is 1.90. The van der Waals surface area contributed by atoms with Crippen molar-refractivity contribution in [1.82, 2.24) is 10.3 Å². The van der Waals surface area contributed by atoms with Gasteiger partial charge in [0.15, 0.2) is 0 Å². The second-order valence-corrected chi connectivity index (χ2v) is 6.25. The Morgan fingerprint density at radius 3 is 2.52 bits per heavy atom. The molecule has 2 N–H and O–H groups in total. The van der Waals surface area contributed by atoms with Gasteiger partial charge in [-0.15, -0.1) is 11.3 Å². The highest BCUT2D eigenvalue weighted by Gasteiger charge is 2.17. The quantitative estimate of drug-likeness (QED) is 0.859. The highest BCUT2D eigenvalue weighted by molar-refractivity contribution is 7.11. The second kappa shape index (κ2) is 7.06. The van der Waals surface area contributed by atoms with Crippen LogP contribution < -0.4 is 5.32 Å². The van der Waals surface area contributed by atoms with Gasteiger partial charge in [0.05, 0.1) is 16.7 Å². The van der Waals surface area contributed by atoms with Crippen molar-refractivity contribution >= 4 is 11.3 Å². The van der Waals surface area contributed by atoms with E-state index >= 15 is 0 Å². The first-order valence-corrected chi connectivity index (χ1v) is 7.58. The first-order valence-electron chi connectivity index (χ1n) is 6.76. The molecule has 2 aromatic rings. The van der Waals surface area contributed by atoms with E-state index in [0.717, 1.165) is 22.0 Å². The minimum absolute atomic E-state index is 0.0762. The van der Waals surface area contributed by atoms with Gasteiger partial charge in [0.25, 0.3) is 0 Å². The zero-order valence-electron chi connectivity index (χ0n) is 11.9. The van der Waals surface area contributed by atoms with Crippen LogP contribution in [0.25, 0.3) is 0 Å². The largest absolute Gasteiger partial charge is 0.387 e. The third kappa shape index (κ3) is 4.06. The Bertz CT molecular complexity index is 581. The van der Waals surface area contributed by atoms with Crippen LogP contribution in [0.3, 0.4) is 0 Å². The number of rotatable bonds is 6. The Labute approximate surface area is 126 Å². The van der Waals surface area contributed by atoms with Crippen LogP contribution in [-0.2, 0) is 6.54 Å². The predicted octanol–water partition coefficient (Wildman–Crippen LogP) is 3.37. The van der Waals surface area contributed by atoms with Gasteiger partial charge in [-0.25, -0.2) is 13.8 Å². The summed E-state index contributed by atoms with van der Waals surface area (Å²) in [7, 11) is 0. The van der Waals surface area contributed by atoms with Gasteiger partial charge in [0.2, 0.25) is 0 Å². The van der Waals surface area contributed by atoms with E-state index < -0.39 is 17.7 Å². The standard InChI is InChI=1S/C15H18F2N2OS/c1-9(2)15-19-7-10(21-15)6-18-8-13(20)14-11(16)4-3-5-12(14)17/h3-5,7,9,13,18,20H,6,8H2,1-2H3. The Morgan fingerprint density at radius 1 is 1.29 bits per heavy atom. The summed E-state index contributed by atoms with van der Waals surface area (Å²) in [4.78, 5) is 5.32. The van der Waals surface area contributed by atoms with Crippen molar-refractivity contribution in [2.24, 2.45) is 0 Å². The minimum Gasteiger partial charge on any atom is -0.387 e. The van der Waals surface area contributed by atoms with Crippen LogP contribution in [0.1, 0.15) is 41.3 Å². The molecule has 6 heteroatoms. The maximum atomic E-state index is 13.5. The smallest absolute Gasteiger partial charge is 0.131 e. The number of aliphatic hydroxyl groups excluding tert-OH is 1. The highest BCUT2D eigenvalue weighted by Crippen LogP contribution is 2.22. The van der Waals surface area contributed by atoms with E-state index in [2.05, 4.69) is 24.1 Å². The van der Waals surface area contributed by atoms with Crippen LogP contribution in [0, 0.1) is 11.6 Å². The van der Waals surface area contributed by atoms with Crippen LogP contribution in [0.2, 0.25) is 0 Å². The Kier molecular flexibility index (Phi) is 5.39. The van der Waals surface area contributed by atoms with Crippen LogP contribution in [0.15, 0.2) is 24.4 Å². The van der Waals surface area contributed by atoms with E-state index in [-0.39, 0.29) is 12.1 Å². The van der Waals surface area contributed by atoms with Crippen LogP contribution in [-0.4, -0.2) is 16.6 Å². The van der Waals surface area contributed by atoms with E-state index in [1.165, 1.54) is 6.07 Å². The summed E-state index contributed by atoms with van der Waals surface area (Å²) in [6.07, 6.45) is 0.562. The van der Waals surface area contributed by atoms with Crippen molar-refractivity contribution in [1.29, 1.82) is 0 Å². The normalized spacial score (nSPS) is 12.9. The maximum Gasteiger partial charge on any atom is 0.131 e. The molecule has 0 fully saturated rings. The molecule has 1 heterocycles. The molecule has 0 bridgehead atoms. The molecule has 2 rings (SSSR count). The molecule has 0 radical (unpaired) electrons. The third-order valence-electron chi connectivity index (χ3n) is 3.04. The summed E-state index contributed by atoms with van der Waals surface area (Å²) in [5, 5.41) is 13.9. The second-order valence-electron chi connectivity index (χ2n) is 5.10. The molecule has 3 nitrogen and oxygen atoms in total. The molecule has 1 aromatic carbocycles. The highest BCUT2D eigenvalue weighted by atomic mass is 32.1. The number of benzene rings is 1. The fourth-order valence-electron chi connectivity index (χ4n) is 1.93. The summed E-state index contributed by atoms with van der Waals surface area (Å²) in [6, 6.07) is 3.55. The van der Waals surface area contributed by atoms with E-state index in [9.17, 15) is 13.9 Å². The zero-order chi connectivity index (χ0) is 15.4. The van der Waals surface area contributed by atoms with Gasteiger partial charge in [-0.3, -0.25) is 0 Å². The number of halogens is 2. The Hall–Kier alpha value is -1.37. The van der Waals surface area contributed by atoms with Crippen molar-refractivity contribution in [2.75, 3.05) is 6.54 Å². The number of nitrogens with one attached hydrogen (secondary N) is 1. The molecule has 1 unspecified atom stereocenters. The van der Waals surface area contributed by atoms with Gasteiger partial charge in [-0.1, -0.05) is 19.9 Å². The van der Waals surface area contributed by atoms with Crippen molar-refractivity contribution in [2.45, 2.75) is 32.4 Å². The first kappa shape index (κ1) is 16.0. The molecule has 0 saturated heterocycles. The maximum absolute atomic E-state index is 13.5. The molecule has 0 saturated carbocycles. The van der Waals surface area contributed by atoms with Gasteiger partial charge in [0, 0.05) is 30.1 Å². The lowest BCUT2D eigenvalue weighted by atomic mass is 10.1. The minimum atomic E-state index is -1.22. The molecule has 0 spiro atoms. The first-order chi connectivity index (χ1) is 9.99. The van der Waals surface area contributed by atoms with E-state index in [4.69, 9.17) is 0 Å². The average Bonchev–Trinajstić information content (AvgIpc) is 2.87. The number of aromatic nitrogens is 1. The van der Waals surface area contributed by atoms with Crippen molar-refractivity contribution in [3.05, 3.63) is 51.5 Å². The third-order valence-corrected chi connectivity index (χ3v) is 4.33. The number of thiazole rings is 1.